The van der Waals surface area contributed by atoms with Crippen molar-refractivity contribution in [2.45, 2.75) is 49.0 Å². The van der Waals surface area contributed by atoms with Gasteiger partial charge in [0.15, 0.2) is 6.04 Å². The van der Waals surface area contributed by atoms with E-state index in [9.17, 15) is 39.0 Å². The van der Waals surface area contributed by atoms with Crippen molar-refractivity contribution in [3.8, 4) is 0 Å². The largest absolute Gasteiger partial charge is 0.480 e. The number of aliphatic carboxylic acids is 2. The standard InChI is InChI=1S/C23H29N5O8S/c1-4-27-10-11-28(19(31)18(27)30)22(36)25-13(12-8-6-5-7-9-12)16(29)24-14(20(32)33)17-26-15(21(34)35)23(2,3)37-17/h5-9,13-15,17,26H,4,10-11H2,1-3H3,(H,24,29)(H,25,36)(H,32,33)(H,34,35). The molecule has 3 rings (SSSR count). The van der Waals surface area contributed by atoms with Crippen LogP contribution in [-0.2, 0) is 24.0 Å². The van der Waals surface area contributed by atoms with Gasteiger partial charge in [0, 0.05) is 24.4 Å². The molecule has 14 heteroatoms. The molecule has 4 atom stereocenters. The first kappa shape index (κ1) is 27.9. The van der Waals surface area contributed by atoms with Crippen LogP contribution < -0.4 is 16.0 Å². The van der Waals surface area contributed by atoms with Gasteiger partial charge in [-0.3, -0.25) is 29.4 Å². The lowest BCUT2D eigenvalue weighted by atomic mass is 10.0. The molecule has 0 bridgehead atoms. The summed E-state index contributed by atoms with van der Waals surface area (Å²) in [6.45, 7) is 5.37. The van der Waals surface area contributed by atoms with Crippen molar-refractivity contribution >= 4 is 47.5 Å². The summed E-state index contributed by atoms with van der Waals surface area (Å²) in [7, 11) is 0. The number of amides is 5. The number of carboxylic acids is 2. The Morgan fingerprint density at radius 3 is 2.27 bits per heavy atom. The van der Waals surface area contributed by atoms with Gasteiger partial charge in [0.1, 0.15) is 12.1 Å². The van der Waals surface area contributed by atoms with Crippen LogP contribution in [0.25, 0.3) is 0 Å². The van der Waals surface area contributed by atoms with E-state index in [4.69, 9.17) is 0 Å². The molecule has 2 saturated heterocycles. The molecule has 5 N–H and O–H groups in total. The number of imide groups is 1. The van der Waals surface area contributed by atoms with Crippen LogP contribution in [0.3, 0.4) is 0 Å². The van der Waals surface area contributed by atoms with Gasteiger partial charge in [0.25, 0.3) is 0 Å². The van der Waals surface area contributed by atoms with Gasteiger partial charge in [-0.05, 0) is 26.3 Å². The number of thioether (sulfide) groups is 1. The molecule has 200 valence electrons. The quantitative estimate of drug-likeness (QED) is 0.274. The van der Waals surface area contributed by atoms with E-state index in [1.54, 1.807) is 39.0 Å². The number of hydrogen-bond donors (Lipinski definition) is 5. The van der Waals surface area contributed by atoms with Crippen molar-refractivity contribution in [1.29, 1.82) is 0 Å². The highest BCUT2D eigenvalue weighted by molar-refractivity contribution is 8.01. The van der Waals surface area contributed by atoms with Gasteiger partial charge in [0.2, 0.25) is 5.91 Å². The second kappa shape index (κ2) is 11.2. The molecule has 0 aromatic heterocycles. The molecule has 0 radical (unpaired) electrons. The highest BCUT2D eigenvalue weighted by atomic mass is 32.2. The number of carboxylic acid groups (broad SMARTS) is 2. The van der Waals surface area contributed by atoms with E-state index in [0.29, 0.717) is 17.0 Å². The second-order valence-electron chi connectivity index (χ2n) is 9.04. The smallest absolute Gasteiger partial charge is 0.328 e. The summed E-state index contributed by atoms with van der Waals surface area (Å²) < 4.78 is -0.866. The van der Waals surface area contributed by atoms with E-state index in [-0.39, 0.29) is 13.1 Å². The lowest BCUT2D eigenvalue weighted by molar-refractivity contribution is -0.153. The zero-order chi connectivity index (χ0) is 27.5. The molecule has 2 heterocycles. The van der Waals surface area contributed by atoms with E-state index < -0.39 is 63.9 Å². The van der Waals surface area contributed by atoms with Gasteiger partial charge in [-0.25, -0.2) is 9.59 Å². The maximum atomic E-state index is 13.3. The maximum Gasteiger partial charge on any atom is 0.328 e. The normalized spacial score (nSPS) is 22.8. The third-order valence-corrected chi connectivity index (χ3v) is 7.67. The number of piperazine rings is 1. The van der Waals surface area contributed by atoms with Crippen LogP contribution in [0.1, 0.15) is 32.4 Å². The maximum absolute atomic E-state index is 13.3. The van der Waals surface area contributed by atoms with Crippen LogP contribution in [-0.4, -0.2) is 97.5 Å². The van der Waals surface area contributed by atoms with Crippen LogP contribution in [0.5, 0.6) is 0 Å². The molecule has 2 aliphatic rings. The Bertz CT molecular complexity index is 1100. The molecule has 0 saturated carbocycles. The Morgan fingerprint density at radius 1 is 1.08 bits per heavy atom. The molecular formula is C23H29N5O8S. The summed E-state index contributed by atoms with van der Waals surface area (Å²) in [5.74, 6) is -5.33. The number of urea groups is 1. The Labute approximate surface area is 216 Å². The molecule has 2 aliphatic heterocycles. The number of benzene rings is 1. The minimum atomic E-state index is -1.54. The molecule has 37 heavy (non-hydrogen) atoms. The highest BCUT2D eigenvalue weighted by Crippen LogP contribution is 2.39. The fourth-order valence-electron chi connectivity index (χ4n) is 4.15. The van der Waals surface area contributed by atoms with Crippen LogP contribution >= 0.6 is 11.8 Å². The van der Waals surface area contributed by atoms with Crippen molar-refractivity contribution < 1.29 is 39.0 Å². The first-order valence-electron chi connectivity index (χ1n) is 11.5. The fourth-order valence-corrected chi connectivity index (χ4v) is 5.63. The number of likely N-dealkylation sites (N-methyl/N-ethyl adjacent to an activating group) is 1. The number of carbonyl (C=O) groups excluding carboxylic acids is 4. The molecule has 5 amide bonds. The highest BCUT2D eigenvalue weighted by Gasteiger charge is 2.50. The first-order valence-corrected chi connectivity index (χ1v) is 12.4. The molecule has 0 aliphatic carbocycles. The van der Waals surface area contributed by atoms with Crippen LogP contribution in [0, 0.1) is 0 Å². The zero-order valence-corrected chi connectivity index (χ0v) is 21.3. The summed E-state index contributed by atoms with van der Waals surface area (Å²) in [6, 6.07) is 2.99. The SMILES string of the molecule is CCN1CCN(C(=O)NC(C(=O)NC(C(=O)O)C2NC(C(=O)O)C(C)(C)S2)c2ccccc2)C(=O)C1=O. The molecule has 1 aromatic rings. The Hall–Kier alpha value is -3.65. The van der Waals surface area contributed by atoms with E-state index in [1.807, 2.05) is 0 Å². The van der Waals surface area contributed by atoms with Crippen molar-refractivity contribution in [2.24, 2.45) is 0 Å². The van der Waals surface area contributed by atoms with E-state index >= 15 is 0 Å². The topological polar surface area (TPSA) is 185 Å². The number of carbonyl (C=O) groups is 6. The first-order chi connectivity index (χ1) is 17.4. The Balaban J connectivity index is 1.82. The van der Waals surface area contributed by atoms with Crippen LogP contribution in [0.2, 0.25) is 0 Å². The average molecular weight is 536 g/mol. The summed E-state index contributed by atoms with van der Waals surface area (Å²) in [5.41, 5.74) is 0.305. The summed E-state index contributed by atoms with van der Waals surface area (Å²) in [4.78, 5) is 76.7. The van der Waals surface area contributed by atoms with Crippen LogP contribution in [0.4, 0.5) is 4.79 Å². The average Bonchev–Trinajstić information content (AvgIpc) is 3.17. The predicted octanol–water partition coefficient (Wildman–Crippen LogP) is -0.408. The molecule has 4 unspecified atom stereocenters. The van der Waals surface area contributed by atoms with Gasteiger partial charge in [0.05, 0.1) is 5.37 Å². The molecule has 1 aromatic carbocycles. The minimum Gasteiger partial charge on any atom is -0.480 e. The van der Waals surface area contributed by atoms with Crippen molar-refractivity contribution in [2.75, 3.05) is 19.6 Å². The monoisotopic (exact) mass is 535 g/mol. The summed E-state index contributed by atoms with van der Waals surface area (Å²) in [6.07, 6.45) is 0. The number of hydrogen-bond acceptors (Lipinski definition) is 8. The van der Waals surface area contributed by atoms with E-state index in [0.717, 1.165) is 11.8 Å². The van der Waals surface area contributed by atoms with E-state index in [1.165, 1.54) is 17.0 Å². The third-order valence-electron chi connectivity index (χ3n) is 6.17. The predicted molar refractivity (Wildman–Crippen MR) is 131 cm³/mol. The molecular weight excluding hydrogens is 506 g/mol. The van der Waals surface area contributed by atoms with Gasteiger partial charge in [-0.1, -0.05) is 30.3 Å². The zero-order valence-electron chi connectivity index (χ0n) is 20.5. The molecule has 2 fully saturated rings. The summed E-state index contributed by atoms with van der Waals surface area (Å²) >= 11 is 1.06. The lowest BCUT2D eigenvalue weighted by Crippen LogP contribution is -2.60. The number of nitrogens with one attached hydrogen (secondary N) is 3. The molecule has 0 spiro atoms. The summed E-state index contributed by atoms with van der Waals surface area (Å²) in [5, 5.41) is 25.9. The van der Waals surface area contributed by atoms with Crippen molar-refractivity contribution in [1.82, 2.24) is 25.8 Å². The van der Waals surface area contributed by atoms with Crippen molar-refractivity contribution in [3.05, 3.63) is 35.9 Å². The Kier molecular flexibility index (Phi) is 8.43. The van der Waals surface area contributed by atoms with Gasteiger partial charge in [-0.2, -0.15) is 0 Å². The fraction of sp³-hybridized carbons (Fsp3) is 0.478. The van der Waals surface area contributed by atoms with Crippen LogP contribution in [0.15, 0.2) is 30.3 Å². The Morgan fingerprint density at radius 2 is 1.73 bits per heavy atom. The second-order valence-corrected chi connectivity index (χ2v) is 10.8. The molecule has 13 nitrogen and oxygen atoms in total. The minimum absolute atomic E-state index is 0.0700. The lowest BCUT2D eigenvalue weighted by Gasteiger charge is -2.33. The third kappa shape index (κ3) is 6.02. The number of rotatable bonds is 8. The van der Waals surface area contributed by atoms with Gasteiger partial charge in [-0.15, -0.1) is 11.8 Å². The van der Waals surface area contributed by atoms with Crippen molar-refractivity contribution in [3.63, 3.8) is 0 Å². The van der Waals surface area contributed by atoms with Gasteiger partial charge < -0.3 is 25.7 Å². The van der Waals surface area contributed by atoms with Gasteiger partial charge >= 0.3 is 29.8 Å². The van der Waals surface area contributed by atoms with E-state index in [2.05, 4.69) is 16.0 Å². The number of nitrogens with zero attached hydrogens (tertiary/aromatic N) is 2.